The van der Waals surface area contributed by atoms with Gasteiger partial charge in [0.15, 0.2) is 0 Å². The van der Waals surface area contributed by atoms with Crippen LogP contribution in [0.25, 0.3) is 0 Å². The highest BCUT2D eigenvalue weighted by atomic mass is 32.2. The molecule has 7 heteroatoms. The van der Waals surface area contributed by atoms with Crippen molar-refractivity contribution < 1.29 is 17.6 Å². The smallest absolute Gasteiger partial charge is 0.240 e. The molecule has 1 aromatic heterocycles. The number of furan rings is 1. The summed E-state index contributed by atoms with van der Waals surface area (Å²) in [4.78, 5) is 4.61. The Kier molecular flexibility index (Phi) is 6.79. The number of hydrogen-bond acceptors (Lipinski definition) is 5. The minimum Gasteiger partial charge on any atom is -0.489 e. The van der Waals surface area contributed by atoms with Gasteiger partial charge in [-0.05, 0) is 54.1 Å². The summed E-state index contributed by atoms with van der Waals surface area (Å²) in [7, 11) is -3.59. The summed E-state index contributed by atoms with van der Waals surface area (Å²) in [5.41, 5.74) is 1.86. The zero-order chi connectivity index (χ0) is 22.2. The maximum absolute atomic E-state index is 12.3. The van der Waals surface area contributed by atoms with E-state index in [0.29, 0.717) is 18.1 Å². The largest absolute Gasteiger partial charge is 0.489 e. The van der Waals surface area contributed by atoms with Crippen LogP contribution in [0.3, 0.4) is 0 Å². The van der Waals surface area contributed by atoms with Crippen LogP contribution in [-0.4, -0.2) is 14.6 Å². The average molecular weight is 447 g/mol. The molecule has 0 fully saturated rings. The van der Waals surface area contributed by atoms with Crippen LogP contribution in [0.5, 0.6) is 5.75 Å². The van der Waals surface area contributed by atoms with E-state index < -0.39 is 10.0 Å². The van der Waals surface area contributed by atoms with Crippen LogP contribution < -0.4 is 9.46 Å². The van der Waals surface area contributed by atoms with Gasteiger partial charge in [-0.15, -0.1) is 0 Å². The first-order valence-electron chi connectivity index (χ1n) is 10.0. The molecule has 0 atom stereocenters. The third-order valence-corrected chi connectivity index (χ3v) is 6.02. The van der Waals surface area contributed by atoms with E-state index in [2.05, 4.69) is 9.71 Å². The lowest BCUT2D eigenvalue weighted by atomic mass is 10.2. The number of aliphatic imine (C=N–C) groups is 1. The number of rotatable bonds is 9. The number of nitrogens with zero attached hydrogens (tertiary/aromatic N) is 1. The predicted octanol–water partition coefficient (Wildman–Crippen LogP) is 5.09. The predicted molar refractivity (Wildman–Crippen MR) is 124 cm³/mol. The fourth-order valence-electron chi connectivity index (χ4n) is 2.92. The SMILES string of the molecule is O=S(=O)(NCc1ccc(C=Nc2ccc(OCc3ccccc3)cc2)o1)c1ccccc1. The molecule has 0 saturated carbocycles. The minimum atomic E-state index is -3.59. The molecule has 4 aromatic rings. The first kappa shape index (κ1) is 21.5. The summed E-state index contributed by atoms with van der Waals surface area (Å²) in [6.07, 6.45) is 1.59. The molecule has 1 N–H and O–H groups in total. The van der Waals surface area contributed by atoms with Crippen molar-refractivity contribution in [1.29, 1.82) is 0 Å². The molecule has 0 aliphatic rings. The highest BCUT2D eigenvalue weighted by Crippen LogP contribution is 2.19. The summed E-state index contributed by atoms with van der Waals surface area (Å²) >= 11 is 0. The topological polar surface area (TPSA) is 80.9 Å². The fraction of sp³-hybridized carbons (Fsp3) is 0.0800. The van der Waals surface area contributed by atoms with Crippen molar-refractivity contribution in [1.82, 2.24) is 4.72 Å². The minimum absolute atomic E-state index is 0.0541. The second kappa shape index (κ2) is 10.1. The van der Waals surface area contributed by atoms with E-state index in [1.807, 2.05) is 54.6 Å². The van der Waals surface area contributed by atoms with Gasteiger partial charge < -0.3 is 9.15 Å². The Labute approximate surface area is 187 Å². The van der Waals surface area contributed by atoms with Gasteiger partial charge in [0.05, 0.1) is 23.3 Å². The molecule has 0 saturated heterocycles. The lowest BCUT2D eigenvalue weighted by molar-refractivity contribution is 0.306. The van der Waals surface area contributed by atoms with Gasteiger partial charge in [-0.2, -0.15) is 0 Å². The highest BCUT2D eigenvalue weighted by molar-refractivity contribution is 7.89. The molecule has 0 bridgehead atoms. The first-order valence-corrected chi connectivity index (χ1v) is 11.5. The Morgan fingerprint density at radius 1 is 0.844 bits per heavy atom. The number of ether oxygens (including phenoxy) is 1. The summed E-state index contributed by atoms with van der Waals surface area (Å²) in [5.74, 6) is 1.79. The molecule has 1 heterocycles. The summed E-state index contributed by atoms with van der Waals surface area (Å²) in [6, 6.07) is 29.1. The van der Waals surface area contributed by atoms with Gasteiger partial charge in [0.1, 0.15) is 23.9 Å². The summed E-state index contributed by atoms with van der Waals surface area (Å²) in [6.45, 7) is 0.561. The molecule has 0 aliphatic heterocycles. The molecule has 0 radical (unpaired) electrons. The van der Waals surface area contributed by atoms with Gasteiger partial charge in [-0.25, -0.2) is 13.1 Å². The lowest BCUT2D eigenvalue weighted by Gasteiger charge is -2.06. The van der Waals surface area contributed by atoms with E-state index in [9.17, 15) is 8.42 Å². The fourth-order valence-corrected chi connectivity index (χ4v) is 3.93. The van der Waals surface area contributed by atoms with Crippen molar-refractivity contribution >= 4 is 21.9 Å². The zero-order valence-electron chi connectivity index (χ0n) is 17.2. The van der Waals surface area contributed by atoms with Crippen molar-refractivity contribution in [3.05, 3.63) is 114 Å². The molecule has 162 valence electrons. The maximum atomic E-state index is 12.3. The second-order valence-corrected chi connectivity index (χ2v) is 8.74. The third-order valence-electron chi connectivity index (χ3n) is 4.60. The molecular weight excluding hydrogens is 424 g/mol. The molecule has 0 unspecified atom stereocenters. The van der Waals surface area contributed by atoms with Crippen molar-refractivity contribution in [3.8, 4) is 5.75 Å². The average Bonchev–Trinajstić information content (AvgIpc) is 3.30. The summed E-state index contributed by atoms with van der Waals surface area (Å²) in [5, 5.41) is 0. The van der Waals surface area contributed by atoms with Gasteiger partial charge in [-0.1, -0.05) is 48.5 Å². The number of benzene rings is 3. The molecule has 0 amide bonds. The van der Waals surface area contributed by atoms with E-state index in [4.69, 9.17) is 9.15 Å². The molecular formula is C25H22N2O4S. The summed E-state index contributed by atoms with van der Waals surface area (Å²) < 4.78 is 38.5. The van der Waals surface area contributed by atoms with Crippen LogP contribution in [-0.2, 0) is 23.2 Å². The molecule has 4 rings (SSSR count). The lowest BCUT2D eigenvalue weighted by Crippen LogP contribution is -2.22. The number of nitrogens with one attached hydrogen (secondary N) is 1. The van der Waals surface area contributed by atoms with Gasteiger partial charge in [0.25, 0.3) is 0 Å². The second-order valence-electron chi connectivity index (χ2n) is 6.97. The van der Waals surface area contributed by atoms with E-state index in [-0.39, 0.29) is 11.4 Å². The van der Waals surface area contributed by atoms with Crippen molar-refractivity contribution in [2.45, 2.75) is 18.0 Å². The van der Waals surface area contributed by atoms with Gasteiger partial charge in [0.2, 0.25) is 10.0 Å². The zero-order valence-corrected chi connectivity index (χ0v) is 18.0. The van der Waals surface area contributed by atoms with Crippen LogP contribution in [0, 0.1) is 0 Å². The highest BCUT2D eigenvalue weighted by Gasteiger charge is 2.13. The first-order chi connectivity index (χ1) is 15.6. The van der Waals surface area contributed by atoms with E-state index in [1.165, 1.54) is 0 Å². The molecule has 0 spiro atoms. The van der Waals surface area contributed by atoms with Gasteiger partial charge in [0, 0.05) is 0 Å². The van der Waals surface area contributed by atoms with Crippen LogP contribution >= 0.6 is 0 Å². The maximum Gasteiger partial charge on any atom is 0.240 e. The number of hydrogen-bond donors (Lipinski definition) is 1. The Bertz CT molecular complexity index is 1270. The standard InChI is InChI=1S/C25H22N2O4S/c28-32(29,25-9-5-2-6-10-25)27-18-24-16-15-23(31-24)17-26-21-11-13-22(14-12-21)30-19-20-7-3-1-4-8-20/h1-17,27H,18-19H2. The van der Waals surface area contributed by atoms with Crippen molar-refractivity contribution in [2.75, 3.05) is 0 Å². The van der Waals surface area contributed by atoms with E-state index >= 15 is 0 Å². The normalized spacial score (nSPS) is 11.6. The number of sulfonamides is 1. The van der Waals surface area contributed by atoms with Crippen LogP contribution in [0.1, 0.15) is 17.1 Å². The quantitative estimate of drug-likeness (QED) is 0.363. The Morgan fingerprint density at radius 3 is 2.25 bits per heavy atom. The van der Waals surface area contributed by atoms with Crippen LogP contribution in [0.15, 0.2) is 111 Å². The molecule has 0 aliphatic carbocycles. The molecule has 6 nitrogen and oxygen atoms in total. The Balaban J connectivity index is 1.30. The van der Waals surface area contributed by atoms with Crippen molar-refractivity contribution in [3.63, 3.8) is 0 Å². The Morgan fingerprint density at radius 2 is 1.53 bits per heavy atom. The van der Waals surface area contributed by atoms with E-state index in [0.717, 1.165) is 17.0 Å². The molecule has 32 heavy (non-hydrogen) atoms. The van der Waals surface area contributed by atoms with Crippen LogP contribution in [0.2, 0.25) is 0 Å². The van der Waals surface area contributed by atoms with Crippen LogP contribution in [0.4, 0.5) is 5.69 Å². The van der Waals surface area contributed by atoms with Gasteiger partial charge >= 0.3 is 0 Å². The molecule has 3 aromatic carbocycles. The third kappa shape index (κ3) is 5.94. The monoisotopic (exact) mass is 446 g/mol. The van der Waals surface area contributed by atoms with Gasteiger partial charge in [-0.3, -0.25) is 4.99 Å². The van der Waals surface area contributed by atoms with E-state index in [1.54, 1.807) is 48.7 Å². The van der Waals surface area contributed by atoms with Crippen molar-refractivity contribution in [2.24, 2.45) is 4.99 Å². The Hall–Kier alpha value is -3.68.